The largest absolute Gasteiger partial charge is 0.390 e. The Labute approximate surface area is 140 Å². The summed E-state index contributed by atoms with van der Waals surface area (Å²) in [5, 5.41) is 21.5. The van der Waals surface area contributed by atoms with Gasteiger partial charge in [-0.25, -0.2) is 0 Å². The van der Waals surface area contributed by atoms with Crippen molar-refractivity contribution in [3.8, 4) is 0 Å². The van der Waals surface area contributed by atoms with Crippen LogP contribution in [0.2, 0.25) is 0 Å². The molecule has 2 heterocycles. The van der Waals surface area contributed by atoms with Gasteiger partial charge in [-0.3, -0.25) is 0 Å². The molecule has 0 aromatic carbocycles. The van der Waals surface area contributed by atoms with Crippen LogP contribution in [0.3, 0.4) is 0 Å². The first-order valence-corrected chi connectivity index (χ1v) is 8.46. The maximum atomic E-state index is 10.9. The van der Waals surface area contributed by atoms with Gasteiger partial charge in [-0.1, -0.05) is 36.0 Å². The Hall–Kier alpha value is -1.16. The van der Waals surface area contributed by atoms with Gasteiger partial charge in [0.1, 0.15) is 5.60 Å². The summed E-state index contributed by atoms with van der Waals surface area (Å²) in [5.41, 5.74) is 3.09. The van der Waals surface area contributed by atoms with Crippen molar-refractivity contribution in [2.45, 2.75) is 77.3 Å². The summed E-state index contributed by atoms with van der Waals surface area (Å²) in [6.45, 7) is 11.8. The highest BCUT2D eigenvalue weighted by Gasteiger charge is 2.42. The first-order chi connectivity index (χ1) is 10.7. The maximum absolute atomic E-state index is 10.9. The quantitative estimate of drug-likeness (QED) is 0.722. The number of ether oxygens (including phenoxy) is 1. The van der Waals surface area contributed by atoms with Crippen molar-refractivity contribution < 1.29 is 14.9 Å². The SMILES string of the molecule is C=C(C)/C1=C/C=C(/C)CC[C@@H]2O[C@H](CC=C2C)[C@@](C)(O)[C@@H](O)C1. The summed E-state index contributed by atoms with van der Waals surface area (Å²) >= 11 is 0. The number of fused-ring (bicyclic) bond motifs is 2. The van der Waals surface area contributed by atoms with Crippen molar-refractivity contribution >= 4 is 0 Å². The van der Waals surface area contributed by atoms with Gasteiger partial charge in [0, 0.05) is 6.42 Å². The second-order valence-electron chi connectivity index (χ2n) is 7.27. The van der Waals surface area contributed by atoms with Crippen LogP contribution in [0.5, 0.6) is 0 Å². The number of aliphatic hydroxyl groups is 2. The topological polar surface area (TPSA) is 49.7 Å². The average Bonchev–Trinajstić information content (AvgIpc) is 2.48. The van der Waals surface area contributed by atoms with Crippen LogP contribution in [-0.2, 0) is 4.74 Å². The molecule has 0 aromatic heterocycles. The normalized spacial score (nSPS) is 40.6. The average molecular weight is 318 g/mol. The van der Waals surface area contributed by atoms with E-state index in [-0.39, 0.29) is 12.2 Å². The molecule has 2 bridgehead atoms. The van der Waals surface area contributed by atoms with Crippen LogP contribution in [0.15, 0.2) is 47.1 Å². The Morgan fingerprint density at radius 1 is 1.35 bits per heavy atom. The summed E-state index contributed by atoms with van der Waals surface area (Å²) in [6, 6.07) is 0. The zero-order valence-corrected chi connectivity index (χ0v) is 14.8. The van der Waals surface area contributed by atoms with Crippen LogP contribution in [0.25, 0.3) is 0 Å². The smallest absolute Gasteiger partial charge is 0.114 e. The number of aliphatic hydroxyl groups excluding tert-OH is 1. The van der Waals surface area contributed by atoms with Crippen molar-refractivity contribution in [1.29, 1.82) is 0 Å². The second-order valence-corrected chi connectivity index (χ2v) is 7.27. The molecule has 3 nitrogen and oxygen atoms in total. The molecule has 0 radical (unpaired) electrons. The van der Waals surface area contributed by atoms with E-state index >= 15 is 0 Å². The minimum absolute atomic E-state index is 0.0137. The molecule has 2 N–H and O–H groups in total. The predicted molar refractivity (Wildman–Crippen MR) is 94.2 cm³/mol. The van der Waals surface area contributed by atoms with E-state index in [9.17, 15) is 10.2 Å². The molecule has 2 aliphatic heterocycles. The molecule has 0 spiro atoms. The van der Waals surface area contributed by atoms with Gasteiger partial charge >= 0.3 is 0 Å². The highest BCUT2D eigenvalue weighted by atomic mass is 16.5. The molecule has 4 atom stereocenters. The predicted octanol–water partition coefficient (Wildman–Crippen LogP) is 3.83. The van der Waals surface area contributed by atoms with E-state index in [0.717, 1.165) is 24.0 Å². The highest BCUT2D eigenvalue weighted by Crippen LogP contribution is 2.34. The molecule has 128 valence electrons. The van der Waals surface area contributed by atoms with Gasteiger partial charge < -0.3 is 14.9 Å². The minimum atomic E-state index is -1.29. The number of hydrogen-bond acceptors (Lipinski definition) is 3. The van der Waals surface area contributed by atoms with E-state index in [1.165, 1.54) is 11.1 Å². The van der Waals surface area contributed by atoms with Gasteiger partial charge in [0.2, 0.25) is 0 Å². The Morgan fingerprint density at radius 3 is 2.70 bits per heavy atom. The van der Waals surface area contributed by atoms with Crippen molar-refractivity contribution in [3.63, 3.8) is 0 Å². The van der Waals surface area contributed by atoms with E-state index in [4.69, 9.17) is 4.74 Å². The summed E-state index contributed by atoms with van der Waals surface area (Å²) in [4.78, 5) is 0. The first kappa shape index (κ1) is 18.2. The minimum Gasteiger partial charge on any atom is -0.390 e. The lowest BCUT2D eigenvalue weighted by molar-refractivity contribution is -0.170. The lowest BCUT2D eigenvalue weighted by Gasteiger charge is -2.41. The van der Waals surface area contributed by atoms with E-state index in [0.29, 0.717) is 12.8 Å². The summed E-state index contributed by atoms with van der Waals surface area (Å²) in [6.07, 6.45) is 7.84. The van der Waals surface area contributed by atoms with Crippen molar-refractivity contribution in [1.82, 2.24) is 0 Å². The molecule has 3 heteroatoms. The molecule has 0 amide bonds. The third kappa shape index (κ3) is 4.23. The molecule has 2 rings (SSSR count). The second kappa shape index (κ2) is 7.16. The molecule has 0 saturated heterocycles. The van der Waals surface area contributed by atoms with Crippen LogP contribution < -0.4 is 0 Å². The third-order valence-corrected chi connectivity index (χ3v) is 5.15. The molecule has 0 fully saturated rings. The van der Waals surface area contributed by atoms with Gasteiger partial charge in [-0.15, -0.1) is 0 Å². The fraction of sp³-hybridized carbons (Fsp3) is 0.600. The fourth-order valence-corrected chi connectivity index (χ4v) is 3.16. The van der Waals surface area contributed by atoms with Crippen LogP contribution >= 0.6 is 0 Å². The van der Waals surface area contributed by atoms with E-state index < -0.39 is 11.7 Å². The lowest BCUT2D eigenvalue weighted by Crippen LogP contribution is -2.53. The zero-order valence-electron chi connectivity index (χ0n) is 14.8. The Balaban J connectivity index is 2.38. The number of hydrogen-bond donors (Lipinski definition) is 2. The lowest BCUT2D eigenvalue weighted by atomic mass is 9.83. The Morgan fingerprint density at radius 2 is 2.04 bits per heavy atom. The maximum Gasteiger partial charge on any atom is 0.114 e. The third-order valence-electron chi connectivity index (χ3n) is 5.15. The number of allylic oxidation sites excluding steroid dienone is 4. The van der Waals surface area contributed by atoms with E-state index in [2.05, 4.69) is 32.6 Å². The van der Waals surface area contributed by atoms with Crippen LogP contribution in [0.4, 0.5) is 0 Å². The van der Waals surface area contributed by atoms with Crippen molar-refractivity contribution in [2.24, 2.45) is 0 Å². The van der Waals surface area contributed by atoms with Crippen LogP contribution in [0, 0.1) is 0 Å². The fourth-order valence-electron chi connectivity index (χ4n) is 3.16. The van der Waals surface area contributed by atoms with Gasteiger partial charge in [0.05, 0.1) is 18.3 Å². The van der Waals surface area contributed by atoms with Crippen LogP contribution in [-0.4, -0.2) is 34.1 Å². The van der Waals surface area contributed by atoms with E-state index in [1.807, 2.05) is 13.0 Å². The van der Waals surface area contributed by atoms with E-state index in [1.54, 1.807) is 6.92 Å². The standard InChI is InChI=1S/C20H30O3/c1-13(2)16-9-6-14(3)7-10-17-15(4)8-11-19(23-17)20(5,22)18(21)12-16/h6,8-9,17-19,21-22H,1,7,10-12H2,2-5H3/b14-6-,16-9+/t17-,18-,19+,20-/m0/s1. The molecule has 0 aliphatic carbocycles. The van der Waals surface area contributed by atoms with Gasteiger partial charge in [0.25, 0.3) is 0 Å². The summed E-state index contributed by atoms with van der Waals surface area (Å²) < 4.78 is 6.15. The van der Waals surface area contributed by atoms with Gasteiger partial charge in [-0.05, 0) is 58.1 Å². The molecule has 0 aromatic rings. The van der Waals surface area contributed by atoms with Crippen molar-refractivity contribution in [3.05, 3.63) is 47.1 Å². The molecule has 23 heavy (non-hydrogen) atoms. The van der Waals surface area contributed by atoms with Gasteiger partial charge in [0.15, 0.2) is 0 Å². The molecule has 0 unspecified atom stereocenters. The number of rotatable bonds is 1. The molecule has 2 aliphatic rings. The first-order valence-electron chi connectivity index (χ1n) is 8.46. The Kier molecular flexibility index (Phi) is 5.66. The highest BCUT2D eigenvalue weighted by molar-refractivity contribution is 5.32. The Bertz CT molecular complexity index is 551. The molecular formula is C20H30O3. The monoisotopic (exact) mass is 318 g/mol. The van der Waals surface area contributed by atoms with Crippen molar-refractivity contribution in [2.75, 3.05) is 0 Å². The van der Waals surface area contributed by atoms with Crippen LogP contribution in [0.1, 0.15) is 53.4 Å². The summed E-state index contributed by atoms with van der Waals surface area (Å²) in [5.74, 6) is 0. The molecule has 0 saturated carbocycles. The summed E-state index contributed by atoms with van der Waals surface area (Å²) in [7, 11) is 0. The molecular weight excluding hydrogens is 288 g/mol. The van der Waals surface area contributed by atoms with Gasteiger partial charge in [-0.2, -0.15) is 0 Å². The zero-order chi connectivity index (χ0) is 17.2.